The fourth-order valence-corrected chi connectivity index (χ4v) is 1.98. The molecule has 2 aromatic rings. The zero-order valence-electron chi connectivity index (χ0n) is 10.3. The predicted octanol–water partition coefficient (Wildman–Crippen LogP) is 1.70. The second-order valence-electron chi connectivity index (χ2n) is 4.34. The summed E-state index contributed by atoms with van der Waals surface area (Å²) in [4.78, 5) is 0. The number of hydrogen-bond donors (Lipinski definition) is 2. The Morgan fingerprint density at radius 2 is 2.33 bits per heavy atom. The van der Waals surface area contributed by atoms with Crippen LogP contribution in [0, 0.1) is 5.82 Å². The van der Waals surface area contributed by atoms with Gasteiger partial charge in [0.25, 0.3) is 0 Å². The van der Waals surface area contributed by atoms with Gasteiger partial charge in [-0.05, 0) is 36.1 Å². The molecule has 0 spiro atoms. The van der Waals surface area contributed by atoms with E-state index in [9.17, 15) is 4.39 Å². The number of halogens is 1. The number of aryl methyl sites for hydroxylation is 2. The van der Waals surface area contributed by atoms with Crippen molar-refractivity contribution in [3.05, 3.63) is 53.6 Å². The van der Waals surface area contributed by atoms with Gasteiger partial charge in [0.05, 0.1) is 6.20 Å². The molecule has 1 unspecified atom stereocenters. The molecule has 5 heteroatoms. The fourth-order valence-electron chi connectivity index (χ4n) is 1.98. The van der Waals surface area contributed by atoms with E-state index in [1.54, 1.807) is 10.7 Å². The van der Waals surface area contributed by atoms with Crippen LogP contribution in [0.25, 0.3) is 0 Å². The molecule has 0 fully saturated rings. The highest BCUT2D eigenvalue weighted by atomic mass is 19.1. The first-order valence-electron chi connectivity index (χ1n) is 5.88. The van der Waals surface area contributed by atoms with Crippen molar-refractivity contribution in [3.63, 3.8) is 0 Å². The molecule has 0 aliphatic heterocycles. The van der Waals surface area contributed by atoms with Gasteiger partial charge >= 0.3 is 0 Å². The molecule has 0 saturated carbocycles. The number of benzene rings is 1. The van der Waals surface area contributed by atoms with Gasteiger partial charge < -0.3 is 0 Å². The highest BCUT2D eigenvalue weighted by Gasteiger charge is 2.10. The van der Waals surface area contributed by atoms with Crippen LogP contribution < -0.4 is 11.3 Å². The van der Waals surface area contributed by atoms with E-state index in [2.05, 4.69) is 10.5 Å². The van der Waals surface area contributed by atoms with Crippen molar-refractivity contribution in [2.45, 2.75) is 18.9 Å². The van der Waals surface area contributed by atoms with Crippen LogP contribution in [0.5, 0.6) is 0 Å². The average Bonchev–Trinajstić information content (AvgIpc) is 2.76. The fraction of sp³-hybridized carbons (Fsp3) is 0.308. The van der Waals surface area contributed by atoms with E-state index in [0.717, 1.165) is 24.0 Å². The quantitative estimate of drug-likeness (QED) is 0.625. The predicted molar refractivity (Wildman–Crippen MR) is 68.0 cm³/mol. The van der Waals surface area contributed by atoms with Crippen molar-refractivity contribution < 1.29 is 4.39 Å². The second-order valence-corrected chi connectivity index (χ2v) is 4.34. The van der Waals surface area contributed by atoms with Crippen LogP contribution in [0.1, 0.15) is 23.6 Å². The molecule has 0 aliphatic carbocycles. The van der Waals surface area contributed by atoms with Crippen LogP contribution in [0.15, 0.2) is 36.7 Å². The van der Waals surface area contributed by atoms with E-state index in [1.165, 1.54) is 12.1 Å². The maximum atomic E-state index is 13.1. The summed E-state index contributed by atoms with van der Waals surface area (Å²) in [5.74, 6) is 5.29. The van der Waals surface area contributed by atoms with Gasteiger partial charge in [-0.3, -0.25) is 16.0 Å². The molecular weight excluding hydrogens is 231 g/mol. The summed E-state index contributed by atoms with van der Waals surface area (Å²) in [5.41, 5.74) is 4.74. The van der Waals surface area contributed by atoms with Crippen LogP contribution >= 0.6 is 0 Å². The summed E-state index contributed by atoms with van der Waals surface area (Å²) in [7, 11) is 1.88. The molecule has 3 N–H and O–H groups in total. The van der Waals surface area contributed by atoms with Gasteiger partial charge in [0.15, 0.2) is 0 Å². The largest absolute Gasteiger partial charge is 0.276 e. The molecule has 0 bridgehead atoms. The SMILES string of the molecule is Cn1cc(CCC(NN)c2cccc(F)c2)cn1. The molecule has 2 rings (SSSR count). The van der Waals surface area contributed by atoms with E-state index < -0.39 is 0 Å². The molecule has 1 aromatic heterocycles. The van der Waals surface area contributed by atoms with E-state index in [4.69, 9.17) is 5.84 Å². The summed E-state index contributed by atoms with van der Waals surface area (Å²) < 4.78 is 14.9. The van der Waals surface area contributed by atoms with E-state index in [0.29, 0.717) is 0 Å². The van der Waals surface area contributed by atoms with Crippen molar-refractivity contribution in [2.75, 3.05) is 0 Å². The lowest BCUT2D eigenvalue weighted by Gasteiger charge is -2.15. The molecule has 1 atom stereocenters. The molecule has 0 radical (unpaired) electrons. The van der Waals surface area contributed by atoms with Crippen molar-refractivity contribution >= 4 is 0 Å². The van der Waals surface area contributed by atoms with Crippen molar-refractivity contribution in [3.8, 4) is 0 Å². The van der Waals surface area contributed by atoms with Gasteiger partial charge in [-0.1, -0.05) is 12.1 Å². The van der Waals surface area contributed by atoms with E-state index in [1.807, 2.05) is 25.5 Å². The van der Waals surface area contributed by atoms with Crippen molar-refractivity contribution in [2.24, 2.45) is 12.9 Å². The zero-order valence-corrected chi connectivity index (χ0v) is 10.3. The number of aromatic nitrogens is 2. The Labute approximate surface area is 106 Å². The molecule has 0 aliphatic rings. The molecule has 1 aromatic carbocycles. The minimum atomic E-state index is -0.242. The van der Waals surface area contributed by atoms with Gasteiger partial charge in [0.1, 0.15) is 5.82 Å². The van der Waals surface area contributed by atoms with Crippen LogP contribution in [-0.4, -0.2) is 9.78 Å². The topological polar surface area (TPSA) is 55.9 Å². The van der Waals surface area contributed by atoms with Gasteiger partial charge in [0, 0.05) is 19.3 Å². The normalized spacial score (nSPS) is 12.6. The van der Waals surface area contributed by atoms with E-state index >= 15 is 0 Å². The molecule has 96 valence electrons. The Morgan fingerprint density at radius 1 is 1.50 bits per heavy atom. The minimum Gasteiger partial charge on any atom is -0.276 e. The monoisotopic (exact) mass is 248 g/mol. The lowest BCUT2D eigenvalue weighted by atomic mass is 10.0. The molecule has 4 nitrogen and oxygen atoms in total. The highest BCUT2D eigenvalue weighted by Crippen LogP contribution is 2.19. The van der Waals surface area contributed by atoms with E-state index in [-0.39, 0.29) is 11.9 Å². The van der Waals surface area contributed by atoms with Crippen LogP contribution in [0.2, 0.25) is 0 Å². The average molecular weight is 248 g/mol. The Bertz CT molecular complexity index is 509. The van der Waals surface area contributed by atoms with Crippen LogP contribution in [0.3, 0.4) is 0 Å². The third-order valence-electron chi connectivity index (χ3n) is 2.93. The number of hydrogen-bond acceptors (Lipinski definition) is 3. The van der Waals surface area contributed by atoms with Gasteiger partial charge in [-0.2, -0.15) is 5.10 Å². The van der Waals surface area contributed by atoms with Crippen LogP contribution in [-0.2, 0) is 13.5 Å². The lowest BCUT2D eigenvalue weighted by Crippen LogP contribution is -2.28. The summed E-state index contributed by atoms with van der Waals surface area (Å²) >= 11 is 0. The number of nitrogens with zero attached hydrogens (tertiary/aromatic N) is 2. The minimum absolute atomic E-state index is 0.0547. The lowest BCUT2D eigenvalue weighted by molar-refractivity contribution is 0.511. The standard InChI is InChI=1S/C13H17FN4/c1-18-9-10(8-16-18)5-6-13(17-15)11-3-2-4-12(14)7-11/h2-4,7-9,13,17H,5-6,15H2,1H3. The molecular formula is C13H17FN4. The Hall–Kier alpha value is -1.72. The van der Waals surface area contributed by atoms with Gasteiger partial charge in [-0.15, -0.1) is 0 Å². The second kappa shape index (κ2) is 5.75. The highest BCUT2D eigenvalue weighted by molar-refractivity contribution is 5.20. The Morgan fingerprint density at radius 3 is 2.94 bits per heavy atom. The maximum Gasteiger partial charge on any atom is 0.123 e. The van der Waals surface area contributed by atoms with Gasteiger partial charge in [-0.25, -0.2) is 4.39 Å². The first-order valence-corrected chi connectivity index (χ1v) is 5.88. The van der Waals surface area contributed by atoms with Crippen molar-refractivity contribution in [1.82, 2.24) is 15.2 Å². The first kappa shape index (κ1) is 12.7. The third-order valence-corrected chi connectivity index (χ3v) is 2.93. The van der Waals surface area contributed by atoms with Gasteiger partial charge in [0.2, 0.25) is 0 Å². The van der Waals surface area contributed by atoms with Crippen molar-refractivity contribution in [1.29, 1.82) is 0 Å². The smallest absolute Gasteiger partial charge is 0.123 e. The summed E-state index contributed by atoms with van der Waals surface area (Å²) in [6.07, 6.45) is 5.45. The number of rotatable bonds is 5. The Kier molecular flexibility index (Phi) is 4.07. The zero-order chi connectivity index (χ0) is 13.0. The number of nitrogens with two attached hydrogens (primary N) is 1. The molecule has 18 heavy (non-hydrogen) atoms. The molecule has 0 saturated heterocycles. The summed E-state index contributed by atoms with van der Waals surface area (Å²) in [6.45, 7) is 0. The number of hydrazine groups is 1. The summed E-state index contributed by atoms with van der Waals surface area (Å²) in [6, 6.07) is 6.45. The maximum absolute atomic E-state index is 13.1. The molecule has 0 amide bonds. The Balaban J connectivity index is 2.01. The third kappa shape index (κ3) is 3.15. The first-order chi connectivity index (χ1) is 8.69. The van der Waals surface area contributed by atoms with Crippen LogP contribution in [0.4, 0.5) is 4.39 Å². The summed E-state index contributed by atoms with van der Waals surface area (Å²) in [5, 5.41) is 4.11. The number of nitrogens with one attached hydrogen (secondary N) is 1. The molecule has 1 heterocycles.